The molecule has 1 aromatic rings. The third-order valence-electron chi connectivity index (χ3n) is 5.10. The average Bonchev–Trinajstić information content (AvgIpc) is 2.51. The number of amides is 1. The number of carbonyl (C=O) groups is 1. The van der Waals surface area contributed by atoms with E-state index in [-0.39, 0.29) is 11.5 Å². The number of pyridine rings is 1. The van der Waals surface area contributed by atoms with Gasteiger partial charge in [0.2, 0.25) is 0 Å². The summed E-state index contributed by atoms with van der Waals surface area (Å²) in [7, 11) is 0. The molecule has 0 radical (unpaired) electrons. The van der Waals surface area contributed by atoms with Crippen molar-refractivity contribution in [2.24, 2.45) is 5.41 Å². The van der Waals surface area contributed by atoms with E-state index in [1.165, 1.54) is 17.8 Å². The lowest BCUT2D eigenvalue weighted by Crippen LogP contribution is -2.59. The summed E-state index contributed by atoms with van der Waals surface area (Å²) in [5.74, 6) is 0. The first-order valence-corrected chi connectivity index (χ1v) is 9.17. The van der Waals surface area contributed by atoms with Crippen molar-refractivity contribution in [2.75, 3.05) is 13.1 Å². The zero-order valence-corrected chi connectivity index (χ0v) is 15.9. The number of carbonyl (C=O) groups excluding carboxylic acids is 1. The first-order valence-electron chi connectivity index (χ1n) is 9.17. The summed E-state index contributed by atoms with van der Waals surface area (Å²) in [6, 6.07) is 2.47. The first kappa shape index (κ1) is 19.7. The fraction of sp³-hybridized carbons (Fsp3) is 0.600. The number of aromatic nitrogens is 1. The molecule has 1 spiro atoms. The Morgan fingerprint density at radius 1 is 1.19 bits per heavy atom. The van der Waals surface area contributed by atoms with Crippen molar-refractivity contribution in [3.63, 3.8) is 0 Å². The molecule has 0 aromatic carbocycles. The summed E-state index contributed by atoms with van der Waals surface area (Å²) in [6.07, 6.45) is 2.28. The lowest BCUT2D eigenvalue weighted by Gasteiger charge is -2.52. The van der Waals surface area contributed by atoms with Crippen LogP contribution in [-0.2, 0) is 10.9 Å². The predicted octanol–water partition coefficient (Wildman–Crippen LogP) is 5.29. The van der Waals surface area contributed by atoms with Gasteiger partial charge in [-0.2, -0.15) is 13.2 Å². The zero-order chi connectivity index (χ0) is 19.9. The van der Waals surface area contributed by atoms with E-state index in [4.69, 9.17) is 4.74 Å². The van der Waals surface area contributed by atoms with Gasteiger partial charge in [0.25, 0.3) is 0 Å². The molecule has 1 saturated carbocycles. The van der Waals surface area contributed by atoms with Crippen LogP contribution in [0.4, 0.5) is 18.0 Å². The molecule has 0 N–H and O–H groups in total. The summed E-state index contributed by atoms with van der Waals surface area (Å²) in [6.45, 7) is 7.00. The number of halogens is 3. The third kappa shape index (κ3) is 4.82. The van der Waals surface area contributed by atoms with Crippen LogP contribution in [0.25, 0.3) is 6.08 Å². The van der Waals surface area contributed by atoms with Gasteiger partial charge in [-0.05, 0) is 58.1 Å². The highest BCUT2D eigenvalue weighted by Crippen LogP contribution is 2.46. The van der Waals surface area contributed by atoms with Crippen LogP contribution in [0.2, 0.25) is 0 Å². The van der Waals surface area contributed by atoms with Gasteiger partial charge in [-0.15, -0.1) is 0 Å². The largest absolute Gasteiger partial charge is 0.444 e. The molecule has 4 nitrogen and oxygen atoms in total. The van der Waals surface area contributed by atoms with E-state index in [0.29, 0.717) is 5.56 Å². The highest BCUT2D eigenvalue weighted by Gasteiger charge is 2.47. The van der Waals surface area contributed by atoms with Crippen LogP contribution < -0.4 is 0 Å². The fourth-order valence-electron chi connectivity index (χ4n) is 3.68. The minimum absolute atomic E-state index is 0.159. The SMILES string of the molecule is CC(C)(C)OC(=O)N1CC2(CCC(=Cc3ccc(C(F)(F)F)nc3)CC2)C1. The van der Waals surface area contributed by atoms with Crippen molar-refractivity contribution in [1.82, 2.24) is 9.88 Å². The minimum Gasteiger partial charge on any atom is -0.444 e. The van der Waals surface area contributed by atoms with Crippen molar-refractivity contribution in [3.8, 4) is 0 Å². The number of rotatable bonds is 1. The topological polar surface area (TPSA) is 42.4 Å². The lowest BCUT2D eigenvalue weighted by molar-refractivity contribution is -0.141. The van der Waals surface area contributed by atoms with Crippen molar-refractivity contribution >= 4 is 12.2 Å². The van der Waals surface area contributed by atoms with E-state index in [1.54, 1.807) is 4.90 Å². The minimum atomic E-state index is -4.41. The van der Waals surface area contributed by atoms with E-state index in [2.05, 4.69) is 4.98 Å². The monoisotopic (exact) mass is 382 g/mol. The number of nitrogens with zero attached hydrogens (tertiary/aromatic N) is 2. The van der Waals surface area contributed by atoms with E-state index >= 15 is 0 Å². The van der Waals surface area contributed by atoms with E-state index in [1.807, 2.05) is 26.8 Å². The maximum Gasteiger partial charge on any atom is 0.433 e. The first-order chi connectivity index (χ1) is 12.5. The maximum absolute atomic E-state index is 12.6. The van der Waals surface area contributed by atoms with Crippen LogP contribution in [-0.4, -0.2) is 34.7 Å². The van der Waals surface area contributed by atoms with Crippen LogP contribution in [0, 0.1) is 5.41 Å². The van der Waals surface area contributed by atoms with Crippen molar-refractivity contribution in [1.29, 1.82) is 0 Å². The Morgan fingerprint density at radius 3 is 2.30 bits per heavy atom. The van der Waals surface area contributed by atoms with Gasteiger partial charge in [0.15, 0.2) is 0 Å². The Balaban J connectivity index is 1.53. The number of likely N-dealkylation sites (tertiary alicyclic amines) is 1. The summed E-state index contributed by atoms with van der Waals surface area (Å²) >= 11 is 0. The lowest BCUT2D eigenvalue weighted by atomic mass is 9.67. The summed E-state index contributed by atoms with van der Waals surface area (Å²) in [5.41, 5.74) is 0.713. The zero-order valence-electron chi connectivity index (χ0n) is 15.9. The molecule has 0 bridgehead atoms. The molecule has 1 aromatic heterocycles. The summed E-state index contributed by atoms with van der Waals surface area (Å²) in [4.78, 5) is 17.3. The van der Waals surface area contributed by atoms with Crippen molar-refractivity contribution < 1.29 is 22.7 Å². The number of alkyl halides is 3. The highest BCUT2D eigenvalue weighted by atomic mass is 19.4. The van der Waals surface area contributed by atoms with Gasteiger partial charge >= 0.3 is 12.3 Å². The Labute approximate surface area is 157 Å². The quantitative estimate of drug-likeness (QED) is 0.662. The fourth-order valence-corrected chi connectivity index (χ4v) is 3.68. The molecular formula is C20H25F3N2O2. The number of ether oxygens (including phenoxy) is 1. The summed E-state index contributed by atoms with van der Waals surface area (Å²) < 4.78 is 43.1. The number of hydrogen-bond donors (Lipinski definition) is 0. The van der Waals surface area contributed by atoms with E-state index in [0.717, 1.165) is 44.8 Å². The van der Waals surface area contributed by atoms with Crippen molar-refractivity contribution in [3.05, 3.63) is 35.2 Å². The second-order valence-electron chi connectivity index (χ2n) is 8.61. The molecular weight excluding hydrogens is 357 g/mol. The molecule has 1 aliphatic carbocycles. The normalized spacial score (nSPS) is 19.6. The van der Waals surface area contributed by atoms with Gasteiger partial charge in [-0.1, -0.05) is 17.7 Å². The van der Waals surface area contributed by atoms with Gasteiger partial charge in [-0.25, -0.2) is 4.79 Å². The Bertz CT molecular complexity index is 715. The molecule has 1 saturated heterocycles. The Morgan fingerprint density at radius 2 is 1.81 bits per heavy atom. The molecule has 1 amide bonds. The predicted molar refractivity (Wildman–Crippen MR) is 95.9 cm³/mol. The van der Waals surface area contributed by atoms with Gasteiger partial charge in [0, 0.05) is 24.7 Å². The van der Waals surface area contributed by atoms with Crippen molar-refractivity contribution in [2.45, 2.75) is 58.2 Å². The van der Waals surface area contributed by atoms with Crippen LogP contribution in [0.3, 0.4) is 0 Å². The maximum atomic E-state index is 12.6. The molecule has 3 rings (SSSR count). The van der Waals surface area contributed by atoms with Crippen LogP contribution >= 0.6 is 0 Å². The van der Waals surface area contributed by atoms with Gasteiger partial charge in [0.1, 0.15) is 11.3 Å². The molecule has 2 heterocycles. The molecule has 0 unspecified atom stereocenters. The molecule has 27 heavy (non-hydrogen) atoms. The molecule has 2 fully saturated rings. The van der Waals surface area contributed by atoms with Gasteiger partial charge in [0.05, 0.1) is 0 Å². The standard InChI is InChI=1S/C20H25F3N2O2/c1-18(2,3)27-17(26)25-12-19(13-25)8-6-14(7-9-19)10-15-4-5-16(24-11-15)20(21,22)23/h4-5,10-11H,6-9,12-13H2,1-3H3. The van der Waals surface area contributed by atoms with Gasteiger partial charge < -0.3 is 9.64 Å². The van der Waals surface area contributed by atoms with E-state index < -0.39 is 17.5 Å². The summed E-state index contributed by atoms with van der Waals surface area (Å²) in [5, 5.41) is 0. The van der Waals surface area contributed by atoms with Crippen LogP contribution in [0.1, 0.15) is 57.7 Å². The highest BCUT2D eigenvalue weighted by molar-refractivity contribution is 5.69. The Kier molecular flexibility index (Phi) is 4.99. The molecule has 0 atom stereocenters. The molecule has 1 aliphatic heterocycles. The molecule has 148 valence electrons. The molecule has 7 heteroatoms. The van der Waals surface area contributed by atoms with Gasteiger partial charge in [-0.3, -0.25) is 4.98 Å². The smallest absolute Gasteiger partial charge is 0.433 e. The Hall–Kier alpha value is -2.05. The number of allylic oxidation sites excluding steroid dienone is 1. The third-order valence-corrected chi connectivity index (χ3v) is 5.10. The van der Waals surface area contributed by atoms with Crippen LogP contribution in [0.5, 0.6) is 0 Å². The van der Waals surface area contributed by atoms with Crippen LogP contribution in [0.15, 0.2) is 23.9 Å². The number of hydrogen-bond acceptors (Lipinski definition) is 3. The second-order valence-corrected chi connectivity index (χ2v) is 8.61. The van der Waals surface area contributed by atoms with E-state index in [9.17, 15) is 18.0 Å². The second kappa shape index (κ2) is 6.84. The molecule has 2 aliphatic rings. The average molecular weight is 382 g/mol.